The van der Waals surface area contributed by atoms with Crippen LogP contribution in [0.3, 0.4) is 0 Å². The molecule has 2 rings (SSSR count). The van der Waals surface area contributed by atoms with Crippen molar-refractivity contribution in [2.24, 2.45) is 0 Å². The van der Waals surface area contributed by atoms with E-state index in [9.17, 15) is 8.78 Å². The van der Waals surface area contributed by atoms with Gasteiger partial charge in [0.1, 0.15) is 11.3 Å². The molecule has 1 atom stereocenters. The molecular weight excluding hydrogens is 302 g/mol. The van der Waals surface area contributed by atoms with Gasteiger partial charge >= 0.3 is 0 Å². The Morgan fingerprint density at radius 2 is 2.15 bits per heavy atom. The Morgan fingerprint density at radius 3 is 2.80 bits per heavy atom. The van der Waals surface area contributed by atoms with Crippen molar-refractivity contribution in [3.8, 4) is 0 Å². The second kappa shape index (κ2) is 6.76. The van der Waals surface area contributed by atoms with Crippen molar-refractivity contribution in [2.45, 2.75) is 25.8 Å². The summed E-state index contributed by atoms with van der Waals surface area (Å²) in [6.07, 6.45) is 3.44. The number of benzene rings is 1. The van der Waals surface area contributed by atoms with Crippen molar-refractivity contribution in [3.63, 3.8) is 0 Å². The van der Waals surface area contributed by atoms with E-state index in [4.69, 9.17) is 11.6 Å². The zero-order chi connectivity index (χ0) is 14.7. The normalized spacial score (nSPS) is 13.1. The van der Waals surface area contributed by atoms with E-state index in [2.05, 4.69) is 4.98 Å². The standard InChI is InChI=1S/C14H17ClF2N2S/c1-9(6-8-20-2)19-12(5-7-15)18-11-4-3-10(16)13(17)14(11)19/h3-4,9H,5-8H2,1-2H3. The number of alkyl halides is 1. The molecule has 6 heteroatoms. The van der Waals surface area contributed by atoms with Gasteiger partial charge in [0.2, 0.25) is 0 Å². The largest absolute Gasteiger partial charge is 0.323 e. The lowest BCUT2D eigenvalue weighted by molar-refractivity contribution is 0.491. The highest BCUT2D eigenvalue weighted by Crippen LogP contribution is 2.27. The van der Waals surface area contributed by atoms with Crippen LogP contribution in [0.2, 0.25) is 0 Å². The van der Waals surface area contributed by atoms with Gasteiger partial charge in [-0.2, -0.15) is 11.8 Å². The molecule has 0 aliphatic carbocycles. The van der Waals surface area contributed by atoms with Crippen LogP contribution in [-0.2, 0) is 6.42 Å². The predicted molar refractivity (Wildman–Crippen MR) is 81.8 cm³/mol. The SMILES string of the molecule is CSCCC(C)n1c(CCCl)nc2ccc(F)c(F)c21. The zero-order valence-electron chi connectivity index (χ0n) is 11.5. The number of fused-ring (bicyclic) bond motifs is 1. The Kier molecular flexibility index (Phi) is 5.27. The minimum atomic E-state index is -0.840. The number of aryl methyl sites for hydroxylation is 1. The van der Waals surface area contributed by atoms with Gasteiger partial charge in [-0.1, -0.05) is 0 Å². The van der Waals surface area contributed by atoms with Gasteiger partial charge in [0, 0.05) is 18.3 Å². The number of imidazole rings is 1. The average Bonchev–Trinajstić information content (AvgIpc) is 2.80. The lowest BCUT2D eigenvalue weighted by Crippen LogP contribution is -2.12. The number of hydrogen-bond acceptors (Lipinski definition) is 2. The van der Waals surface area contributed by atoms with Crippen molar-refractivity contribution in [3.05, 3.63) is 29.6 Å². The van der Waals surface area contributed by atoms with Crippen LogP contribution in [0.15, 0.2) is 12.1 Å². The van der Waals surface area contributed by atoms with E-state index in [1.807, 2.05) is 13.2 Å². The smallest absolute Gasteiger partial charge is 0.184 e. The van der Waals surface area contributed by atoms with Crippen LogP contribution in [-0.4, -0.2) is 27.4 Å². The Bertz CT molecular complexity index is 600. The van der Waals surface area contributed by atoms with Gasteiger partial charge in [-0.15, -0.1) is 11.6 Å². The van der Waals surface area contributed by atoms with E-state index in [1.165, 1.54) is 6.07 Å². The van der Waals surface area contributed by atoms with Crippen molar-refractivity contribution in [1.29, 1.82) is 0 Å². The van der Waals surface area contributed by atoms with Crippen LogP contribution in [0.5, 0.6) is 0 Å². The van der Waals surface area contributed by atoms with Crippen molar-refractivity contribution in [2.75, 3.05) is 17.9 Å². The maximum atomic E-state index is 14.1. The molecule has 1 heterocycles. The van der Waals surface area contributed by atoms with Crippen LogP contribution in [0.25, 0.3) is 11.0 Å². The average molecular weight is 319 g/mol. The van der Waals surface area contributed by atoms with Crippen molar-refractivity contribution < 1.29 is 8.78 Å². The Morgan fingerprint density at radius 1 is 1.40 bits per heavy atom. The number of thioether (sulfide) groups is 1. The third-order valence-corrected chi connectivity index (χ3v) is 4.15. The van der Waals surface area contributed by atoms with E-state index >= 15 is 0 Å². The van der Waals surface area contributed by atoms with E-state index in [1.54, 1.807) is 16.3 Å². The fraction of sp³-hybridized carbons (Fsp3) is 0.500. The summed E-state index contributed by atoms with van der Waals surface area (Å²) >= 11 is 7.52. The quantitative estimate of drug-likeness (QED) is 0.734. The van der Waals surface area contributed by atoms with Gasteiger partial charge in [-0.25, -0.2) is 13.8 Å². The minimum Gasteiger partial charge on any atom is -0.323 e. The van der Waals surface area contributed by atoms with E-state index in [0.29, 0.717) is 23.6 Å². The molecule has 1 aromatic carbocycles. The minimum absolute atomic E-state index is 0.0574. The van der Waals surface area contributed by atoms with E-state index in [-0.39, 0.29) is 11.6 Å². The van der Waals surface area contributed by atoms with Gasteiger partial charge in [0.05, 0.1) is 5.52 Å². The van der Waals surface area contributed by atoms with E-state index < -0.39 is 11.6 Å². The molecule has 110 valence electrons. The molecular formula is C14H17ClF2N2S. The summed E-state index contributed by atoms with van der Waals surface area (Å²) in [5.41, 5.74) is 0.735. The number of aromatic nitrogens is 2. The summed E-state index contributed by atoms with van der Waals surface area (Å²) in [5.74, 6) is 0.411. The molecule has 0 fully saturated rings. The first kappa shape index (κ1) is 15.6. The van der Waals surface area contributed by atoms with Gasteiger partial charge < -0.3 is 4.57 Å². The number of rotatable bonds is 6. The summed E-state index contributed by atoms with van der Waals surface area (Å²) in [5, 5.41) is 0. The molecule has 0 aliphatic heterocycles. The Hall–Kier alpha value is -0.810. The predicted octanol–water partition coefficient (Wildman–Crippen LogP) is 4.41. The summed E-state index contributed by atoms with van der Waals surface area (Å²) in [6, 6.07) is 2.69. The second-order valence-corrected chi connectivity index (χ2v) is 6.06. The summed E-state index contributed by atoms with van der Waals surface area (Å²) in [4.78, 5) is 4.40. The van der Waals surface area contributed by atoms with Gasteiger partial charge in [-0.3, -0.25) is 0 Å². The molecule has 1 aromatic heterocycles. The Labute approximate surface area is 126 Å². The number of nitrogens with zero attached hydrogens (tertiary/aromatic N) is 2. The fourth-order valence-corrected chi connectivity index (χ4v) is 3.07. The lowest BCUT2D eigenvalue weighted by atomic mass is 10.2. The van der Waals surface area contributed by atoms with Crippen LogP contribution in [0.4, 0.5) is 8.78 Å². The molecule has 0 aliphatic rings. The molecule has 0 saturated carbocycles. The van der Waals surface area contributed by atoms with Crippen molar-refractivity contribution in [1.82, 2.24) is 9.55 Å². The lowest BCUT2D eigenvalue weighted by Gasteiger charge is -2.17. The summed E-state index contributed by atoms with van der Waals surface area (Å²) < 4.78 is 29.4. The van der Waals surface area contributed by atoms with Crippen LogP contribution in [0, 0.1) is 11.6 Å². The summed E-state index contributed by atoms with van der Waals surface area (Å²) in [6.45, 7) is 2.00. The van der Waals surface area contributed by atoms with Crippen LogP contribution < -0.4 is 0 Å². The summed E-state index contributed by atoms with van der Waals surface area (Å²) in [7, 11) is 0. The first-order valence-corrected chi connectivity index (χ1v) is 8.42. The third kappa shape index (κ3) is 2.93. The molecule has 0 saturated heterocycles. The van der Waals surface area contributed by atoms with Crippen molar-refractivity contribution >= 4 is 34.4 Å². The van der Waals surface area contributed by atoms with E-state index in [0.717, 1.165) is 18.2 Å². The molecule has 0 N–H and O–H groups in total. The molecule has 2 nitrogen and oxygen atoms in total. The molecule has 0 bridgehead atoms. The molecule has 0 amide bonds. The van der Waals surface area contributed by atoms with Crippen LogP contribution >= 0.6 is 23.4 Å². The number of hydrogen-bond donors (Lipinski definition) is 0. The highest BCUT2D eigenvalue weighted by atomic mass is 35.5. The topological polar surface area (TPSA) is 17.8 Å². The maximum absolute atomic E-state index is 14.1. The maximum Gasteiger partial charge on any atom is 0.184 e. The molecule has 2 aromatic rings. The van der Waals surface area contributed by atoms with Crippen LogP contribution in [0.1, 0.15) is 25.2 Å². The number of halogens is 3. The Balaban J connectivity index is 2.57. The highest BCUT2D eigenvalue weighted by Gasteiger charge is 2.20. The molecule has 0 radical (unpaired) electrons. The third-order valence-electron chi connectivity index (χ3n) is 3.31. The zero-order valence-corrected chi connectivity index (χ0v) is 13.1. The fourth-order valence-electron chi connectivity index (χ4n) is 2.32. The second-order valence-electron chi connectivity index (χ2n) is 4.70. The first-order chi connectivity index (χ1) is 9.60. The van der Waals surface area contributed by atoms with Gasteiger partial charge in [0.25, 0.3) is 0 Å². The molecule has 0 spiro atoms. The van der Waals surface area contributed by atoms with Gasteiger partial charge in [-0.05, 0) is 37.5 Å². The first-order valence-electron chi connectivity index (χ1n) is 6.49. The van der Waals surface area contributed by atoms with Gasteiger partial charge in [0.15, 0.2) is 11.6 Å². The highest BCUT2D eigenvalue weighted by molar-refractivity contribution is 7.98. The molecule has 20 heavy (non-hydrogen) atoms. The monoisotopic (exact) mass is 318 g/mol. The molecule has 1 unspecified atom stereocenters.